The van der Waals surface area contributed by atoms with E-state index in [0.717, 1.165) is 21.9 Å². The molecule has 0 saturated carbocycles. The standard InChI is InChI=1S/C46H30.C36H22O/c1-2-11-31(12-3-1)38-27-28-43-44(30-38)46(40-20-10-16-34-14-6-7-17-39(34)40)42-19-9-8-18-41(42)45(43)35-24-21-33(22-25-35)37-26-23-32-13-4-5-15-36(32)29-37;1-2-12-24(13-3-1)33-26-15-6-8-17-28(26)34(29-18-9-7-16-27(29)33)30-19-10-20-32-35(30)31-22-21-23-11-4-5-14-25(23)36(31)37-32/h1-30H;1-22H. The van der Waals surface area contributed by atoms with Crippen LogP contribution in [0.4, 0.5) is 0 Å². The Hall–Kier alpha value is -10.9. The highest BCUT2D eigenvalue weighted by Gasteiger charge is 2.22. The molecule has 0 amide bonds. The van der Waals surface area contributed by atoms with Crippen LogP contribution in [0.1, 0.15) is 0 Å². The zero-order valence-electron chi connectivity index (χ0n) is 45.4. The van der Waals surface area contributed by atoms with Crippen molar-refractivity contribution in [3.8, 4) is 66.8 Å². The molecule has 0 fully saturated rings. The predicted octanol–water partition coefficient (Wildman–Crippen LogP) is 23.3. The molecule has 0 radical (unpaired) electrons. The van der Waals surface area contributed by atoms with Gasteiger partial charge in [0.05, 0.1) is 0 Å². The van der Waals surface area contributed by atoms with Crippen LogP contribution >= 0.6 is 0 Å². The van der Waals surface area contributed by atoms with Crippen molar-refractivity contribution in [1.29, 1.82) is 0 Å². The fraction of sp³-hybridized carbons (Fsp3) is 0. The lowest BCUT2D eigenvalue weighted by Gasteiger charge is -2.20. The number of benzene rings is 16. The van der Waals surface area contributed by atoms with Gasteiger partial charge in [0.25, 0.3) is 0 Å². The second kappa shape index (κ2) is 20.0. The van der Waals surface area contributed by atoms with Gasteiger partial charge in [0, 0.05) is 16.2 Å². The average Bonchev–Trinajstić information content (AvgIpc) is 3.13. The Labute approximate surface area is 481 Å². The fourth-order valence-corrected chi connectivity index (χ4v) is 13.3. The number of furan rings is 1. The average molecular weight is 1050 g/mol. The lowest BCUT2D eigenvalue weighted by molar-refractivity contribution is 0.673. The first-order chi connectivity index (χ1) is 41.2. The summed E-state index contributed by atoms with van der Waals surface area (Å²) in [5, 5.41) is 19.8. The van der Waals surface area contributed by atoms with Gasteiger partial charge in [0.15, 0.2) is 0 Å². The Morgan fingerprint density at radius 1 is 0.181 bits per heavy atom. The molecule has 1 heteroatoms. The van der Waals surface area contributed by atoms with Gasteiger partial charge in [0.2, 0.25) is 0 Å². The van der Waals surface area contributed by atoms with Gasteiger partial charge in [-0.3, -0.25) is 0 Å². The van der Waals surface area contributed by atoms with E-state index in [1.165, 1.54) is 142 Å². The molecule has 0 unspecified atom stereocenters. The fourth-order valence-electron chi connectivity index (χ4n) is 13.3. The van der Waals surface area contributed by atoms with Gasteiger partial charge in [-0.15, -0.1) is 0 Å². The summed E-state index contributed by atoms with van der Waals surface area (Å²) in [6.45, 7) is 0. The molecule has 83 heavy (non-hydrogen) atoms. The van der Waals surface area contributed by atoms with Crippen LogP contribution in [-0.2, 0) is 0 Å². The maximum absolute atomic E-state index is 6.55. The Bertz CT molecular complexity index is 5300. The summed E-state index contributed by atoms with van der Waals surface area (Å²) in [5.41, 5.74) is 16.8. The van der Waals surface area contributed by atoms with Crippen molar-refractivity contribution in [2.45, 2.75) is 0 Å². The van der Waals surface area contributed by atoms with E-state index in [9.17, 15) is 0 Å². The minimum absolute atomic E-state index is 0.921. The van der Waals surface area contributed by atoms with E-state index in [1.807, 2.05) is 0 Å². The van der Waals surface area contributed by atoms with Crippen molar-refractivity contribution in [2.75, 3.05) is 0 Å². The third-order valence-electron chi connectivity index (χ3n) is 17.1. The molecule has 17 aromatic rings. The monoisotopic (exact) mass is 1050 g/mol. The molecule has 0 aliphatic rings. The number of hydrogen-bond acceptors (Lipinski definition) is 1. The van der Waals surface area contributed by atoms with Crippen LogP contribution in [0.25, 0.3) is 164 Å². The summed E-state index contributed by atoms with van der Waals surface area (Å²) >= 11 is 0. The highest BCUT2D eigenvalue weighted by Crippen LogP contribution is 2.49. The van der Waals surface area contributed by atoms with Crippen molar-refractivity contribution in [3.05, 3.63) is 315 Å². The second-order valence-electron chi connectivity index (χ2n) is 21.7. The first-order valence-electron chi connectivity index (χ1n) is 28.6. The van der Waals surface area contributed by atoms with Gasteiger partial charge in [-0.25, -0.2) is 0 Å². The third-order valence-corrected chi connectivity index (χ3v) is 17.1. The van der Waals surface area contributed by atoms with Gasteiger partial charge in [0.1, 0.15) is 11.2 Å². The summed E-state index contributed by atoms with van der Waals surface area (Å²) in [6, 6.07) is 114. The molecule has 0 saturated heterocycles. The second-order valence-corrected chi connectivity index (χ2v) is 21.7. The van der Waals surface area contributed by atoms with Crippen LogP contribution in [0.15, 0.2) is 320 Å². The first-order valence-corrected chi connectivity index (χ1v) is 28.6. The first kappa shape index (κ1) is 48.1. The van der Waals surface area contributed by atoms with Crippen molar-refractivity contribution in [1.82, 2.24) is 0 Å². The van der Waals surface area contributed by atoms with Crippen LogP contribution in [0.2, 0.25) is 0 Å². The Morgan fingerprint density at radius 3 is 1.22 bits per heavy atom. The lowest BCUT2D eigenvalue weighted by Crippen LogP contribution is -1.92. The summed E-state index contributed by atoms with van der Waals surface area (Å²) in [7, 11) is 0. The number of rotatable bonds is 6. The zero-order valence-corrected chi connectivity index (χ0v) is 45.4. The van der Waals surface area contributed by atoms with E-state index in [4.69, 9.17) is 4.42 Å². The van der Waals surface area contributed by atoms with Crippen LogP contribution in [0, 0.1) is 0 Å². The van der Waals surface area contributed by atoms with Crippen LogP contribution in [0.3, 0.4) is 0 Å². The maximum Gasteiger partial charge on any atom is 0.143 e. The molecule has 17 rings (SSSR count). The van der Waals surface area contributed by atoms with Crippen molar-refractivity contribution in [3.63, 3.8) is 0 Å². The molecular formula is C82H52O. The molecule has 1 heterocycles. The van der Waals surface area contributed by atoms with E-state index < -0.39 is 0 Å². The van der Waals surface area contributed by atoms with Crippen LogP contribution in [-0.4, -0.2) is 0 Å². The molecule has 0 aliphatic carbocycles. The smallest absolute Gasteiger partial charge is 0.143 e. The van der Waals surface area contributed by atoms with Gasteiger partial charge >= 0.3 is 0 Å². The minimum atomic E-state index is 0.921. The molecule has 0 aliphatic heterocycles. The minimum Gasteiger partial charge on any atom is -0.455 e. The largest absolute Gasteiger partial charge is 0.455 e. The Morgan fingerprint density at radius 2 is 0.566 bits per heavy atom. The van der Waals surface area contributed by atoms with Crippen LogP contribution < -0.4 is 0 Å². The number of fused-ring (bicyclic) bond motifs is 11. The summed E-state index contributed by atoms with van der Waals surface area (Å²) in [6.07, 6.45) is 0. The molecule has 0 atom stereocenters. The zero-order chi connectivity index (χ0) is 54.8. The Balaban J connectivity index is 0.000000139. The third kappa shape index (κ3) is 8.16. The molecule has 0 bridgehead atoms. The molecule has 386 valence electrons. The molecule has 1 nitrogen and oxygen atoms in total. The number of hydrogen-bond donors (Lipinski definition) is 0. The van der Waals surface area contributed by atoms with E-state index in [1.54, 1.807) is 0 Å². The highest BCUT2D eigenvalue weighted by atomic mass is 16.3. The van der Waals surface area contributed by atoms with E-state index in [0.29, 0.717) is 0 Å². The lowest BCUT2D eigenvalue weighted by atomic mass is 9.83. The van der Waals surface area contributed by atoms with Gasteiger partial charge in [-0.05, 0) is 161 Å². The van der Waals surface area contributed by atoms with E-state index in [-0.39, 0.29) is 0 Å². The highest BCUT2D eigenvalue weighted by molar-refractivity contribution is 6.28. The summed E-state index contributed by atoms with van der Waals surface area (Å²) in [4.78, 5) is 0. The van der Waals surface area contributed by atoms with Gasteiger partial charge in [-0.2, -0.15) is 0 Å². The maximum atomic E-state index is 6.55. The van der Waals surface area contributed by atoms with E-state index >= 15 is 0 Å². The van der Waals surface area contributed by atoms with E-state index in [2.05, 4.69) is 315 Å². The van der Waals surface area contributed by atoms with Crippen molar-refractivity contribution < 1.29 is 4.42 Å². The molecule has 0 spiro atoms. The molecule has 0 N–H and O–H groups in total. The van der Waals surface area contributed by atoms with Crippen molar-refractivity contribution in [2.24, 2.45) is 0 Å². The van der Waals surface area contributed by atoms with Crippen LogP contribution in [0.5, 0.6) is 0 Å². The van der Waals surface area contributed by atoms with Gasteiger partial charge < -0.3 is 4.42 Å². The summed E-state index contributed by atoms with van der Waals surface area (Å²) < 4.78 is 6.55. The molecule has 16 aromatic carbocycles. The quantitative estimate of drug-likeness (QED) is 0.151. The predicted molar refractivity (Wildman–Crippen MR) is 355 cm³/mol. The molecular weight excluding hydrogens is 1000 g/mol. The normalized spacial score (nSPS) is 11.6. The summed E-state index contributed by atoms with van der Waals surface area (Å²) in [5.74, 6) is 0. The van der Waals surface area contributed by atoms with Crippen molar-refractivity contribution >= 4 is 97.3 Å². The topological polar surface area (TPSA) is 13.1 Å². The SMILES string of the molecule is c1ccc(-c2c3ccccc3c(-c3cccc4oc5c6ccccc6ccc5c34)c3ccccc23)cc1.c1ccc(-c2ccc3c(-c4ccc(-c5ccc6ccccc6c5)cc4)c4ccccc4c(-c4cccc5ccccc45)c3c2)cc1. The molecule has 1 aromatic heterocycles. The Kier molecular flexibility index (Phi) is 11.6. The van der Waals surface area contributed by atoms with Gasteiger partial charge in [-0.1, -0.05) is 291 Å².